The second-order valence-corrected chi connectivity index (χ2v) is 5.89. The Hall–Kier alpha value is -1.44. The van der Waals surface area contributed by atoms with Crippen molar-refractivity contribution >= 4 is 15.7 Å². The average molecular weight is 288 g/mol. The molecule has 0 fully saturated rings. The molecule has 3 N–H and O–H groups in total. The minimum absolute atomic E-state index is 0.0545. The summed E-state index contributed by atoms with van der Waals surface area (Å²) in [5.41, 5.74) is 6.30. The minimum atomic E-state index is -3.78. The fourth-order valence-electron chi connectivity index (χ4n) is 1.32. The van der Waals surface area contributed by atoms with Gasteiger partial charge in [0.25, 0.3) is 0 Å². The van der Waals surface area contributed by atoms with Gasteiger partial charge in [-0.3, -0.25) is 0 Å². The predicted molar refractivity (Wildman–Crippen MR) is 71.6 cm³/mol. The molecule has 7 heteroatoms. The summed E-state index contributed by atoms with van der Waals surface area (Å²) in [6, 6.07) is 3.16. The van der Waals surface area contributed by atoms with E-state index in [0.717, 1.165) is 17.7 Å². The van der Waals surface area contributed by atoms with Crippen molar-refractivity contribution in [1.82, 2.24) is 4.72 Å². The molecule has 0 radical (unpaired) electrons. The maximum Gasteiger partial charge on any atom is 0.240 e. The smallest absolute Gasteiger partial charge is 0.240 e. The van der Waals surface area contributed by atoms with Gasteiger partial charge in [-0.05, 0) is 25.1 Å². The van der Waals surface area contributed by atoms with Crippen molar-refractivity contribution in [2.75, 3.05) is 25.5 Å². The van der Waals surface area contributed by atoms with Crippen LogP contribution in [0.3, 0.4) is 0 Å². The molecule has 0 aromatic heterocycles. The standard InChI is InChI=1S/C12H17FN2O3S/c1-9(2)8-18-4-3-15-19(16,17)12-6-10(13)5-11(14)7-12/h5-7,15H,1,3-4,8,14H2,2H3. The van der Waals surface area contributed by atoms with Crippen molar-refractivity contribution in [2.24, 2.45) is 0 Å². The maximum absolute atomic E-state index is 13.1. The summed E-state index contributed by atoms with van der Waals surface area (Å²) in [4.78, 5) is -0.204. The van der Waals surface area contributed by atoms with E-state index in [1.54, 1.807) is 6.92 Å². The van der Waals surface area contributed by atoms with Crippen molar-refractivity contribution in [3.8, 4) is 0 Å². The zero-order chi connectivity index (χ0) is 14.5. The van der Waals surface area contributed by atoms with Crippen LogP contribution in [-0.2, 0) is 14.8 Å². The molecule has 0 saturated heterocycles. The normalized spacial score (nSPS) is 11.5. The fraction of sp³-hybridized carbons (Fsp3) is 0.333. The molecule has 0 heterocycles. The van der Waals surface area contributed by atoms with Crippen LogP contribution in [0.4, 0.5) is 10.1 Å². The lowest BCUT2D eigenvalue weighted by molar-refractivity contribution is 0.162. The molecular formula is C12H17FN2O3S. The highest BCUT2D eigenvalue weighted by molar-refractivity contribution is 7.89. The highest BCUT2D eigenvalue weighted by atomic mass is 32.2. The van der Waals surface area contributed by atoms with Gasteiger partial charge in [0, 0.05) is 12.2 Å². The molecule has 0 aliphatic rings. The highest BCUT2D eigenvalue weighted by Crippen LogP contribution is 2.15. The number of nitrogens with two attached hydrogens (primary N) is 1. The number of sulfonamides is 1. The Balaban J connectivity index is 2.58. The Labute approximate surface area is 112 Å². The van der Waals surface area contributed by atoms with Crippen molar-refractivity contribution in [3.63, 3.8) is 0 Å². The number of anilines is 1. The Morgan fingerprint density at radius 3 is 2.74 bits per heavy atom. The van der Waals surface area contributed by atoms with E-state index in [2.05, 4.69) is 11.3 Å². The number of nitrogen functional groups attached to an aromatic ring is 1. The number of nitrogens with one attached hydrogen (secondary N) is 1. The predicted octanol–water partition coefficient (Wildman–Crippen LogP) is 1.28. The van der Waals surface area contributed by atoms with Crippen LogP contribution < -0.4 is 10.5 Å². The lowest BCUT2D eigenvalue weighted by Gasteiger charge is -2.08. The van der Waals surface area contributed by atoms with Crippen molar-refractivity contribution in [2.45, 2.75) is 11.8 Å². The quantitative estimate of drug-likeness (QED) is 0.450. The summed E-state index contributed by atoms with van der Waals surface area (Å²) in [6.07, 6.45) is 0. The van der Waals surface area contributed by atoms with E-state index in [-0.39, 0.29) is 23.7 Å². The van der Waals surface area contributed by atoms with Gasteiger partial charge in [-0.2, -0.15) is 0 Å². The molecule has 0 unspecified atom stereocenters. The SMILES string of the molecule is C=C(C)COCCNS(=O)(=O)c1cc(N)cc(F)c1. The van der Waals surface area contributed by atoms with Gasteiger partial charge in [-0.15, -0.1) is 0 Å². The molecule has 1 rings (SSSR count). The van der Waals surface area contributed by atoms with Crippen molar-refractivity contribution < 1.29 is 17.5 Å². The molecule has 106 valence electrons. The number of halogens is 1. The maximum atomic E-state index is 13.1. The summed E-state index contributed by atoms with van der Waals surface area (Å²) in [7, 11) is -3.78. The van der Waals surface area contributed by atoms with Crippen LogP contribution in [0, 0.1) is 5.82 Å². The summed E-state index contributed by atoms with van der Waals surface area (Å²) in [6.45, 7) is 6.12. The first kappa shape index (κ1) is 15.6. The van der Waals surface area contributed by atoms with Crippen LogP contribution in [0.1, 0.15) is 6.92 Å². The molecule has 5 nitrogen and oxygen atoms in total. The van der Waals surface area contributed by atoms with Gasteiger partial charge in [0.15, 0.2) is 0 Å². The summed E-state index contributed by atoms with van der Waals surface area (Å²) >= 11 is 0. The minimum Gasteiger partial charge on any atom is -0.399 e. The number of rotatable bonds is 7. The van der Waals surface area contributed by atoms with Crippen LogP contribution in [0.15, 0.2) is 35.2 Å². The second kappa shape index (κ2) is 6.65. The molecule has 0 saturated carbocycles. The van der Waals surface area contributed by atoms with E-state index in [1.807, 2.05) is 0 Å². The van der Waals surface area contributed by atoms with Gasteiger partial charge in [-0.25, -0.2) is 17.5 Å². The summed E-state index contributed by atoms with van der Waals surface area (Å²) < 4.78 is 44.2. The van der Waals surface area contributed by atoms with Gasteiger partial charge in [0.05, 0.1) is 18.1 Å². The van der Waals surface area contributed by atoms with Gasteiger partial charge < -0.3 is 10.5 Å². The molecule has 0 atom stereocenters. The average Bonchev–Trinajstić information content (AvgIpc) is 2.26. The zero-order valence-electron chi connectivity index (χ0n) is 10.6. The highest BCUT2D eigenvalue weighted by Gasteiger charge is 2.15. The third kappa shape index (κ3) is 5.37. The van der Waals surface area contributed by atoms with Gasteiger partial charge in [-0.1, -0.05) is 12.2 Å². The molecule has 0 aliphatic carbocycles. The van der Waals surface area contributed by atoms with Gasteiger partial charge in [0.2, 0.25) is 10.0 Å². The topological polar surface area (TPSA) is 81.4 Å². The number of benzene rings is 1. The lowest BCUT2D eigenvalue weighted by atomic mass is 10.3. The monoisotopic (exact) mass is 288 g/mol. The van der Waals surface area contributed by atoms with E-state index in [9.17, 15) is 12.8 Å². The second-order valence-electron chi connectivity index (χ2n) is 4.13. The van der Waals surface area contributed by atoms with Gasteiger partial charge >= 0.3 is 0 Å². The number of ether oxygens (including phenoxy) is 1. The molecule has 0 spiro atoms. The van der Waals surface area contributed by atoms with Crippen LogP contribution in [-0.4, -0.2) is 28.2 Å². The van der Waals surface area contributed by atoms with Crippen LogP contribution in [0.5, 0.6) is 0 Å². The molecule has 0 amide bonds. The molecule has 0 bridgehead atoms. The fourth-order valence-corrected chi connectivity index (χ4v) is 2.40. The number of hydrogen-bond acceptors (Lipinski definition) is 4. The lowest BCUT2D eigenvalue weighted by Crippen LogP contribution is -2.27. The Morgan fingerprint density at radius 1 is 1.47 bits per heavy atom. The first-order valence-electron chi connectivity index (χ1n) is 5.59. The van der Waals surface area contributed by atoms with E-state index in [0.29, 0.717) is 6.61 Å². The van der Waals surface area contributed by atoms with E-state index in [4.69, 9.17) is 10.5 Å². The summed E-state index contributed by atoms with van der Waals surface area (Å²) in [5, 5.41) is 0. The van der Waals surface area contributed by atoms with Gasteiger partial charge in [0.1, 0.15) is 5.82 Å². The third-order valence-corrected chi connectivity index (χ3v) is 3.53. The summed E-state index contributed by atoms with van der Waals surface area (Å²) in [5.74, 6) is -0.695. The van der Waals surface area contributed by atoms with Crippen LogP contribution >= 0.6 is 0 Å². The molecule has 0 aliphatic heterocycles. The Bertz CT molecular complexity index is 538. The third-order valence-electron chi connectivity index (χ3n) is 2.09. The Kier molecular flexibility index (Phi) is 5.46. The molecule has 1 aromatic carbocycles. The zero-order valence-corrected chi connectivity index (χ0v) is 11.5. The largest absolute Gasteiger partial charge is 0.399 e. The Morgan fingerprint density at radius 2 is 2.16 bits per heavy atom. The van der Waals surface area contributed by atoms with Crippen LogP contribution in [0.2, 0.25) is 0 Å². The number of hydrogen-bond donors (Lipinski definition) is 2. The van der Waals surface area contributed by atoms with Crippen LogP contribution in [0.25, 0.3) is 0 Å². The van der Waals surface area contributed by atoms with E-state index < -0.39 is 15.8 Å². The van der Waals surface area contributed by atoms with Crippen molar-refractivity contribution in [1.29, 1.82) is 0 Å². The van der Waals surface area contributed by atoms with Crippen molar-refractivity contribution in [3.05, 3.63) is 36.2 Å². The van der Waals surface area contributed by atoms with E-state index >= 15 is 0 Å². The molecular weight excluding hydrogens is 271 g/mol. The first-order valence-corrected chi connectivity index (χ1v) is 7.07. The molecule has 19 heavy (non-hydrogen) atoms. The first-order chi connectivity index (χ1) is 8.81. The molecule has 1 aromatic rings. The van der Waals surface area contributed by atoms with E-state index in [1.165, 1.54) is 6.07 Å².